The van der Waals surface area contributed by atoms with Crippen LogP contribution < -0.4 is 10.6 Å². The molecule has 2 N–H and O–H groups in total. The molecule has 0 unspecified atom stereocenters. The fourth-order valence-electron chi connectivity index (χ4n) is 1.73. The van der Waals surface area contributed by atoms with Crippen LogP contribution in [-0.2, 0) is 18.4 Å². The van der Waals surface area contributed by atoms with Gasteiger partial charge >= 0.3 is 0 Å². The Balaban J connectivity index is 2.08. The van der Waals surface area contributed by atoms with E-state index in [0.717, 1.165) is 17.2 Å². The molecule has 0 spiro atoms. The average molecular weight is 293 g/mol. The van der Waals surface area contributed by atoms with E-state index in [4.69, 9.17) is 11.6 Å². The lowest BCUT2D eigenvalue weighted by atomic mass is 10.2. The van der Waals surface area contributed by atoms with Crippen LogP contribution in [0.25, 0.3) is 0 Å². The first-order chi connectivity index (χ1) is 9.60. The van der Waals surface area contributed by atoms with Gasteiger partial charge in [0.1, 0.15) is 5.82 Å². The van der Waals surface area contributed by atoms with Crippen molar-refractivity contribution in [3.05, 3.63) is 41.4 Å². The molecule has 2 aromatic rings. The number of amides is 1. The van der Waals surface area contributed by atoms with Crippen LogP contribution in [0.4, 0.5) is 11.4 Å². The Morgan fingerprint density at radius 2 is 2.25 bits per heavy atom. The minimum atomic E-state index is -0.0256. The quantitative estimate of drug-likeness (QED) is 0.890. The van der Waals surface area contributed by atoms with Crippen molar-refractivity contribution in [2.24, 2.45) is 7.05 Å². The Morgan fingerprint density at radius 1 is 1.45 bits per heavy atom. The van der Waals surface area contributed by atoms with E-state index < -0.39 is 0 Å². The normalized spacial score (nSPS) is 10.3. The first-order valence-corrected chi connectivity index (χ1v) is 6.77. The van der Waals surface area contributed by atoms with Gasteiger partial charge in [-0.25, -0.2) is 4.98 Å². The van der Waals surface area contributed by atoms with Gasteiger partial charge in [0.2, 0.25) is 5.91 Å². The molecule has 0 aliphatic rings. The highest BCUT2D eigenvalue weighted by molar-refractivity contribution is 6.33. The smallest absolute Gasteiger partial charge is 0.224 e. The Labute approximate surface area is 123 Å². The van der Waals surface area contributed by atoms with Crippen LogP contribution in [0.2, 0.25) is 5.02 Å². The van der Waals surface area contributed by atoms with Crippen LogP contribution in [0, 0.1) is 0 Å². The number of carbonyl (C=O) groups is 1. The number of hydrogen-bond donors (Lipinski definition) is 2. The maximum Gasteiger partial charge on any atom is 0.224 e. The van der Waals surface area contributed by atoms with Crippen molar-refractivity contribution in [3.8, 4) is 0 Å². The van der Waals surface area contributed by atoms with Crippen molar-refractivity contribution >= 4 is 28.9 Å². The summed E-state index contributed by atoms with van der Waals surface area (Å²) in [6.07, 6.45) is 4.08. The molecule has 0 aliphatic carbocycles. The van der Waals surface area contributed by atoms with Crippen molar-refractivity contribution < 1.29 is 4.79 Å². The summed E-state index contributed by atoms with van der Waals surface area (Å²) in [5.41, 5.74) is 1.49. The van der Waals surface area contributed by atoms with Gasteiger partial charge in [-0.1, -0.05) is 18.5 Å². The van der Waals surface area contributed by atoms with Gasteiger partial charge in [-0.15, -0.1) is 0 Å². The fraction of sp³-hybridized carbons (Fsp3) is 0.286. The molecule has 1 aromatic carbocycles. The molecule has 0 radical (unpaired) electrons. The van der Waals surface area contributed by atoms with Crippen molar-refractivity contribution in [3.63, 3.8) is 0 Å². The monoisotopic (exact) mass is 292 g/mol. The predicted octanol–water partition coefficient (Wildman–Crippen LogP) is 3.03. The molecule has 0 atom stereocenters. The third-order valence-electron chi connectivity index (χ3n) is 2.93. The first-order valence-electron chi connectivity index (χ1n) is 6.39. The van der Waals surface area contributed by atoms with Crippen molar-refractivity contribution in [1.29, 1.82) is 0 Å². The topological polar surface area (TPSA) is 59.0 Å². The highest BCUT2D eigenvalue weighted by Crippen LogP contribution is 2.26. The lowest BCUT2D eigenvalue weighted by Gasteiger charge is -2.11. The minimum Gasteiger partial charge on any atom is -0.377 e. The molecule has 20 heavy (non-hydrogen) atoms. The standard InChI is InChI=1S/C14H17ClN4O/c1-3-14(20)18-10-4-5-11(15)12(8-10)17-9-13-16-6-7-19(13)2/h4-8,17H,3,9H2,1-2H3,(H,18,20). The van der Waals surface area contributed by atoms with Crippen molar-refractivity contribution in [1.82, 2.24) is 9.55 Å². The molecule has 106 valence electrons. The molecule has 0 bridgehead atoms. The number of halogens is 1. The molecular formula is C14H17ClN4O. The maximum absolute atomic E-state index is 11.4. The Bertz CT molecular complexity index is 609. The summed E-state index contributed by atoms with van der Waals surface area (Å²) in [5, 5.41) is 6.63. The van der Waals surface area contributed by atoms with Gasteiger partial charge < -0.3 is 15.2 Å². The SMILES string of the molecule is CCC(=O)Nc1ccc(Cl)c(NCc2nccn2C)c1. The summed E-state index contributed by atoms with van der Waals surface area (Å²) >= 11 is 6.14. The van der Waals surface area contributed by atoms with Crippen LogP contribution in [0.5, 0.6) is 0 Å². The van der Waals surface area contributed by atoms with Crippen LogP contribution in [0.1, 0.15) is 19.2 Å². The summed E-state index contributed by atoms with van der Waals surface area (Å²) in [6.45, 7) is 2.37. The summed E-state index contributed by atoms with van der Waals surface area (Å²) in [6, 6.07) is 5.36. The fourth-order valence-corrected chi connectivity index (χ4v) is 1.91. The summed E-state index contributed by atoms with van der Waals surface area (Å²) in [7, 11) is 1.93. The van der Waals surface area contributed by atoms with E-state index in [-0.39, 0.29) is 5.91 Å². The van der Waals surface area contributed by atoms with Crippen molar-refractivity contribution in [2.75, 3.05) is 10.6 Å². The van der Waals surface area contributed by atoms with Crippen LogP contribution in [0.3, 0.4) is 0 Å². The van der Waals surface area contributed by atoms with E-state index in [0.29, 0.717) is 18.0 Å². The number of anilines is 2. The predicted molar refractivity (Wildman–Crippen MR) is 80.9 cm³/mol. The number of nitrogens with one attached hydrogen (secondary N) is 2. The number of aromatic nitrogens is 2. The van der Waals surface area contributed by atoms with Gasteiger partial charge in [0, 0.05) is 31.5 Å². The van der Waals surface area contributed by atoms with Crippen LogP contribution in [0.15, 0.2) is 30.6 Å². The zero-order valence-corrected chi connectivity index (χ0v) is 12.2. The number of imidazole rings is 1. The minimum absolute atomic E-state index is 0.0256. The highest BCUT2D eigenvalue weighted by Gasteiger charge is 2.05. The largest absolute Gasteiger partial charge is 0.377 e. The zero-order valence-electron chi connectivity index (χ0n) is 11.5. The molecule has 1 aromatic heterocycles. The molecule has 1 heterocycles. The van der Waals surface area contributed by atoms with Gasteiger partial charge in [-0.2, -0.15) is 0 Å². The molecule has 0 aliphatic heterocycles. The molecule has 5 nitrogen and oxygen atoms in total. The Kier molecular flexibility index (Phi) is 4.63. The van der Waals surface area contributed by atoms with Gasteiger partial charge in [-0.3, -0.25) is 4.79 Å². The van der Waals surface area contributed by atoms with Crippen molar-refractivity contribution in [2.45, 2.75) is 19.9 Å². The maximum atomic E-state index is 11.4. The lowest BCUT2D eigenvalue weighted by molar-refractivity contribution is -0.115. The van der Waals surface area contributed by atoms with Crippen LogP contribution in [-0.4, -0.2) is 15.5 Å². The molecule has 0 fully saturated rings. The second-order valence-corrected chi connectivity index (χ2v) is 4.81. The number of benzene rings is 1. The number of nitrogens with zero attached hydrogens (tertiary/aromatic N) is 2. The Morgan fingerprint density at radius 3 is 2.90 bits per heavy atom. The zero-order chi connectivity index (χ0) is 14.5. The number of rotatable bonds is 5. The summed E-state index contributed by atoms with van der Waals surface area (Å²) in [5.74, 6) is 0.881. The summed E-state index contributed by atoms with van der Waals surface area (Å²) < 4.78 is 1.93. The van der Waals surface area contributed by atoms with E-state index >= 15 is 0 Å². The second-order valence-electron chi connectivity index (χ2n) is 4.40. The lowest BCUT2D eigenvalue weighted by Crippen LogP contribution is -2.10. The van der Waals surface area contributed by atoms with Crippen LogP contribution >= 0.6 is 11.6 Å². The number of aryl methyl sites for hydroxylation is 1. The van der Waals surface area contributed by atoms with E-state index in [9.17, 15) is 4.79 Å². The third-order valence-corrected chi connectivity index (χ3v) is 3.26. The van der Waals surface area contributed by atoms with Gasteiger partial charge in [0.25, 0.3) is 0 Å². The Hall–Kier alpha value is -2.01. The van der Waals surface area contributed by atoms with E-state index in [2.05, 4.69) is 15.6 Å². The molecular weight excluding hydrogens is 276 g/mol. The van der Waals surface area contributed by atoms with E-state index in [1.165, 1.54) is 0 Å². The van der Waals surface area contributed by atoms with E-state index in [1.54, 1.807) is 18.3 Å². The van der Waals surface area contributed by atoms with E-state index in [1.807, 2.05) is 30.8 Å². The highest BCUT2D eigenvalue weighted by atomic mass is 35.5. The second kappa shape index (κ2) is 6.43. The molecule has 2 rings (SSSR count). The molecule has 0 saturated carbocycles. The van der Waals surface area contributed by atoms with Gasteiger partial charge in [0.05, 0.1) is 17.3 Å². The van der Waals surface area contributed by atoms with Gasteiger partial charge in [0.15, 0.2) is 0 Å². The molecule has 6 heteroatoms. The first kappa shape index (κ1) is 14.4. The number of hydrogen-bond acceptors (Lipinski definition) is 3. The average Bonchev–Trinajstić information content (AvgIpc) is 2.84. The molecule has 0 saturated heterocycles. The van der Waals surface area contributed by atoms with Gasteiger partial charge in [-0.05, 0) is 18.2 Å². The third kappa shape index (κ3) is 3.51. The number of carbonyl (C=O) groups excluding carboxylic acids is 1. The molecule has 1 amide bonds. The summed E-state index contributed by atoms with van der Waals surface area (Å²) in [4.78, 5) is 15.6.